The van der Waals surface area contributed by atoms with Crippen molar-refractivity contribution < 1.29 is 61.9 Å². The molecule has 0 radical (unpaired) electrons. The van der Waals surface area contributed by atoms with Gasteiger partial charge in [-0.05, 0) is 73.0 Å². The summed E-state index contributed by atoms with van der Waals surface area (Å²) in [6.45, 7) is 15.2. The first-order valence-corrected chi connectivity index (χ1v) is 26.3. The number of benzene rings is 3. The molecule has 362 valence electrons. The highest BCUT2D eigenvalue weighted by Gasteiger charge is 2.79. The van der Waals surface area contributed by atoms with Crippen molar-refractivity contribution >= 4 is 43.9 Å². The molecule has 1 N–H and O–H groups in total. The van der Waals surface area contributed by atoms with E-state index in [9.17, 15) is 24.3 Å². The molecule has 2 saturated carbocycles. The number of hydrogen-bond acceptors (Lipinski definition) is 14. The number of ether oxygens (including phenoxy) is 6. The van der Waals surface area contributed by atoms with Crippen LogP contribution in [0.3, 0.4) is 0 Å². The number of hydrogen-bond donors (Lipinski definition) is 1. The van der Waals surface area contributed by atoms with Gasteiger partial charge in [-0.15, -0.1) is 0 Å². The monoisotopic (exact) mass is 949 g/mol. The van der Waals surface area contributed by atoms with Gasteiger partial charge in [-0.3, -0.25) is 14.4 Å². The van der Waals surface area contributed by atoms with Gasteiger partial charge in [0.1, 0.15) is 30.0 Å². The molecular weight excluding hydrogens is 887 g/mol. The van der Waals surface area contributed by atoms with Gasteiger partial charge in [-0.2, -0.15) is 0 Å². The molecule has 68 heavy (non-hydrogen) atoms. The lowest BCUT2D eigenvalue weighted by atomic mass is 9.44. The first-order valence-electron chi connectivity index (χ1n) is 23.8. The molecule has 2 heterocycles. The summed E-state index contributed by atoms with van der Waals surface area (Å²) in [4.78, 5) is 77.7. The zero-order valence-corrected chi connectivity index (χ0v) is 41.3. The van der Waals surface area contributed by atoms with Gasteiger partial charge >= 0.3 is 23.9 Å². The number of carbonyl (C=O) groups excluding carboxylic acids is 5. The van der Waals surface area contributed by atoms with Crippen molar-refractivity contribution in [3.05, 3.63) is 119 Å². The number of aliphatic imine (C=N–C) groups is 1. The Bertz CT molecular complexity index is 2480. The fraction of sp³-hybridized carbons (Fsp3) is 0.509. The molecule has 2 aliphatic heterocycles. The summed E-state index contributed by atoms with van der Waals surface area (Å²) in [6.07, 6.45) is -7.97. The Morgan fingerprint density at radius 3 is 1.99 bits per heavy atom. The fourth-order valence-corrected chi connectivity index (χ4v) is 14.8. The molecule has 5 aliphatic rings. The number of Topliss-reactive ketones (excluding diaryl/α,β-unsaturated/α-hetero) is 1. The zero-order chi connectivity index (χ0) is 49.0. The van der Waals surface area contributed by atoms with E-state index in [1.165, 1.54) is 13.8 Å². The van der Waals surface area contributed by atoms with Crippen LogP contribution >= 0.6 is 0 Å². The number of rotatable bonds is 13. The van der Waals surface area contributed by atoms with Crippen LogP contribution in [0.4, 0.5) is 0 Å². The van der Waals surface area contributed by atoms with Crippen molar-refractivity contribution in [2.24, 2.45) is 21.7 Å². The van der Waals surface area contributed by atoms with E-state index in [4.69, 9.17) is 37.8 Å². The van der Waals surface area contributed by atoms with Crippen molar-refractivity contribution in [3.63, 3.8) is 0 Å². The van der Waals surface area contributed by atoms with Crippen LogP contribution in [0.15, 0.2) is 107 Å². The number of fused-ring (bicyclic) bond motifs is 5. The highest BCUT2D eigenvalue weighted by Crippen LogP contribution is 2.65. The number of carbonyl (C=O) groups is 5. The van der Waals surface area contributed by atoms with Crippen LogP contribution < -0.4 is 0 Å². The van der Waals surface area contributed by atoms with Crippen LogP contribution in [-0.4, -0.2) is 103 Å². The standard InChI is InChI=1S/C53H63NO13Si/c1-10-68(11-2,12-3)67-38-28-39-52(30-61-39,66-33(6)56)44-46(65-48(58)36-26-20-15-21-27-36)53(60)29-37(31(4)40(50(53,7)8)42(62-32(5)55)45(57)51(38,44)9)63-49(59)43-41(34-22-16-13-17-23-34)54-47(64-43)35-24-18-14-19-25-35/h13-27,37-39,41-44,46,60H,10-12,28-30H2,1-9H3. The average Bonchev–Trinajstić information content (AvgIpc) is 3.78. The molecule has 14 nitrogen and oxygen atoms in total. The molecule has 3 aromatic carbocycles. The van der Waals surface area contributed by atoms with E-state index in [2.05, 4.69) is 20.8 Å². The minimum atomic E-state index is -2.60. The summed E-state index contributed by atoms with van der Waals surface area (Å²) >= 11 is 0. The highest BCUT2D eigenvalue weighted by atomic mass is 28.4. The van der Waals surface area contributed by atoms with E-state index in [-0.39, 0.29) is 36.5 Å². The van der Waals surface area contributed by atoms with Gasteiger partial charge in [0, 0.05) is 37.7 Å². The van der Waals surface area contributed by atoms with Crippen LogP contribution in [0.1, 0.15) is 103 Å². The normalized spacial score (nSPS) is 32.7. The molecule has 0 spiro atoms. The molecule has 3 aromatic rings. The summed E-state index contributed by atoms with van der Waals surface area (Å²) in [5.74, 6) is -4.83. The van der Waals surface area contributed by atoms with Gasteiger partial charge in [-0.1, -0.05) is 101 Å². The predicted octanol–water partition coefficient (Wildman–Crippen LogP) is 7.82. The fourth-order valence-electron chi connectivity index (χ4n) is 11.9. The van der Waals surface area contributed by atoms with Gasteiger partial charge in [0.2, 0.25) is 12.0 Å². The van der Waals surface area contributed by atoms with Crippen molar-refractivity contribution in [1.82, 2.24) is 0 Å². The summed E-state index contributed by atoms with van der Waals surface area (Å²) in [5.41, 5.74) is -5.22. The maximum absolute atomic E-state index is 16.4. The van der Waals surface area contributed by atoms with Gasteiger partial charge in [-0.25, -0.2) is 14.6 Å². The molecule has 11 unspecified atom stereocenters. The second-order valence-electron chi connectivity index (χ2n) is 19.7. The van der Waals surface area contributed by atoms with Crippen LogP contribution in [0.2, 0.25) is 18.1 Å². The van der Waals surface area contributed by atoms with Crippen LogP contribution in [0, 0.1) is 16.7 Å². The minimum Gasteiger partial charge on any atom is -0.459 e. The maximum atomic E-state index is 16.4. The Labute approximate surface area is 398 Å². The van der Waals surface area contributed by atoms with E-state index in [1.807, 2.05) is 60.7 Å². The zero-order valence-electron chi connectivity index (χ0n) is 40.3. The van der Waals surface area contributed by atoms with E-state index < -0.39 is 109 Å². The number of nitrogens with zero attached hydrogens (tertiary/aromatic N) is 1. The van der Waals surface area contributed by atoms with Crippen molar-refractivity contribution in [1.29, 1.82) is 0 Å². The number of aliphatic hydroxyl groups is 1. The van der Waals surface area contributed by atoms with Crippen LogP contribution in [-0.2, 0) is 52.0 Å². The lowest BCUT2D eigenvalue weighted by Gasteiger charge is -2.68. The van der Waals surface area contributed by atoms with Gasteiger partial charge < -0.3 is 38.0 Å². The first kappa shape index (κ1) is 49.0. The summed E-state index contributed by atoms with van der Waals surface area (Å²) in [7, 11) is -2.60. The summed E-state index contributed by atoms with van der Waals surface area (Å²) in [6, 6.07) is 28.0. The van der Waals surface area contributed by atoms with Crippen molar-refractivity contribution in [2.45, 2.75) is 147 Å². The van der Waals surface area contributed by atoms with E-state index in [0.717, 1.165) is 0 Å². The van der Waals surface area contributed by atoms with E-state index in [0.29, 0.717) is 34.8 Å². The molecule has 3 aliphatic carbocycles. The third kappa shape index (κ3) is 8.02. The first-order chi connectivity index (χ1) is 32.3. The second-order valence-corrected chi connectivity index (χ2v) is 24.4. The quantitative estimate of drug-likeness (QED) is 0.0759. The van der Waals surface area contributed by atoms with Crippen molar-refractivity contribution in [3.8, 4) is 0 Å². The molecule has 2 bridgehead atoms. The Morgan fingerprint density at radius 1 is 0.824 bits per heavy atom. The Morgan fingerprint density at radius 2 is 1.43 bits per heavy atom. The second kappa shape index (κ2) is 18.4. The molecule has 0 aromatic heterocycles. The van der Waals surface area contributed by atoms with E-state index >= 15 is 4.79 Å². The van der Waals surface area contributed by atoms with Gasteiger partial charge in [0.15, 0.2) is 25.8 Å². The number of esters is 4. The minimum absolute atomic E-state index is 0.115. The average molecular weight is 950 g/mol. The van der Waals surface area contributed by atoms with Crippen LogP contribution in [0.5, 0.6) is 0 Å². The molecule has 0 amide bonds. The predicted molar refractivity (Wildman–Crippen MR) is 252 cm³/mol. The highest BCUT2D eigenvalue weighted by molar-refractivity contribution is 6.73. The Balaban J connectivity index is 1.34. The third-order valence-corrected chi connectivity index (χ3v) is 20.6. The summed E-state index contributed by atoms with van der Waals surface area (Å²) in [5, 5.41) is 14.2. The van der Waals surface area contributed by atoms with Gasteiger partial charge in [0.05, 0.1) is 29.6 Å². The Kier molecular flexibility index (Phi) is 13.3. The smallest absolute Gasteiger partial charge is 0.350 e. The summed E-state index contributed by atoms with van der Waals surface area (Å²) < 4.78 is 45.8. The number of ketones is 1. The molecular formula is C53H63NO13Si. The maximum Gasteiger partial charge on any atom is 0.350 e. The lowest BCUT2D eigenvalue weighted by molar-refractivity contribution is -0.344. The molecule has 1 saturated heterocycles. The lowest BCUT2D eigenvalue weighted by Crippen LogP contribution is -2.82. The van der Waals surface area contributed by atoms with Crippen LogP contribution in [0.25, 0.3) is 0 Å². The van der Waals surface area contributed by atoms with Crippen molar-refractivity contribution in [2.75, 3.05) is 6.61 Å². The SMILES string of the molecule is CC[Si](CC)(CC)OC1CC2OCC2(OC(C)=O)C2C(OC(=O)c3ccccc3)C3(O)CC(OC(=O)C4OC(c5ccccc5)=NC4c4ccccc4)C(C)=C(C(OC(C)=O)C(=O)C12C)C3(C)C. The molecule has 3 fully saturated rings. The van der Waals surface area contributed by atoms with Gasteiger partial charge in [0.25, 0.3) is 0 Å². The third-order valence-electron chi connectivity index (χ3n) is 15.9. The molecule has 15 heteroatoms. The molecule has 8 rings (SSSR count). The van der Waals surface area contributed by atoms with E-state index in [1.54, 1.807) is 58.0 Å². The Hall–Kier alpha value is -5.48. The topological polar surface area (TPSA) is 183 Å². The molecule has 11 atom stereocenters. The largest absolute Gasteiger partial charge is 0.459 e.